The largest absolute Gasteiger partial charge is 0.456 e. The summed E-state index contributed by atoms with van der Waals surface area (Å²) < 4.78 is 17.5. The number of nitrogens with one attached hydrogen (secondary N) is 2. The number of carbonyl (C=O) groups is 3. The monoisotopic (exact) mass is 324 g/mol. The second-order valence-electron chi connectivity index (χ2n) is 5.12. The van der Waals surface area contributed by atoms with Crippen LogP contribution in [-0.2, 0) is 20.7 Å². The van der Waals surface area contributed by atoms with Gasteiger partial charge >= 0.3 is 12.0 Å². The number of benzene rings is 1. The summed E-state index contributed by atoms with van der Waals surface area (Å²) in [5.41, 5.74) is 0.792. The van der Waals surface area contributed by atoms with Gasteiger partial charge in [0.15, 0.2) is 6.61 Å². The Labute approximate surface area is 134 Å². The van der Waals surface area contributed by atoms with Gasteiger partial charge in [0, 0.05) is 12.5 Å². The van der Waals surface area contributed by atoms with Crippen molar-refractivity contribution in [1.82, 2.24) is 10.6 Å². The first-order valence-corrected chi connectivity index (χ1v) is 7.41. The van der Waals surface area contributed by atoms with E-state index in [1.807, 2.05) is 6.92 Å². The number of esters is 1. The van der Waals surface area contributed by atoms with Crippen molar-refractivity contribution < 1.29 is 23.5 Å². The number of halogens is 1. The van der Waals surface area contributed by atoms with E-state index >= 15 is 0 Å². The van der Waals surface area contributed by atoms with Crippen LogP contribution in [0.4, 0.5) is 9.18 Å². The van der Waals surface area contributed by atoms with Crippen molar-refractivity contribution in [2.24, 2.45) is 0 Å². The van der Waals surface area contributed by atoms with Crippen molar-refractivity contribution in [3.8, 4) is 0 Å². The van der Waals surface area contributed by atoms with E-state index in [1.54, 1.807) is 19.1 Å². The van der Waals surface area contributed by atoms with Gasteiger partial charge in [-0.15, -0.1) is 0 Å². The Morgan fingerprint density at radius 3 is 2.48 bits per heavy atom. The summed E-state index contributed by atoms with van der Waals surface area (Å²) in [4.78, 5) is 34.4. The summed E-state index contributed by atoms with van der Waals surface area (Å²) in [6.45, 7) is 3.19. The first-order valence-electron chi connectivity index (χ1n) is 7.41. The first-order chi connectivity index (χ1) is 10.9. The van der Waals surface area contributed by atoms with Gasteiger partial charge < -0.3 is 10.1 Å². The molecule has 126 valence electrons. The van der Waals surface area contributed by atoms with Crippen molar-refractivity contribution >= 4 is 17.9 Å². The molecule has 0 unspecified atom stereocenters. The molecule has 1 atom stereocenters. The topological polar surface area (TPSA) is 84.5 Å². The van der Waals surface area contributed by atoms with Gasteiger partial charge in [0.2, 0.25) is 0 Å². The Morgan fingerprint density at radius 2 is 1.87 bits per heavy atom. The summed E-state index contributed by atoms with van der Waals surface area (Å²) in [5, 5.41) is 4.63. The minimum atomic E-state index is -0.694. The number of aryl methyl sites for hydroxylation is 1. The average molecular weight is 324 g/mol. The highest BCUT2D eigenvalue weighted by Crippen LogP contribution is 2.06. The smallest absolute Gasteiger partial charge is 0.321 e. The van der Waals surface area contributed by atoms with Crippen molar-refractivity contribution in [1.29, 1.82) is 0 Å². The van der Waals surface area contributed by atoms with Crippen LogP contribution in [-0.4, -0.2) is 30.6 Å². The predicted octanol–water partition coefficient (Wildman–Crippen LogP) is 1.93. The third-order valence-electron chi connectivity index (χ3n) is 3.14. The van der Waals surface area contributed by atoms with E-state index in [4.69, 9.17) is 4.74 Å². The SMILES string of the molecule is CC[C@H](C)NC(=O)NC(=O)COC(=O)CCc1ccc(F)cc1. The normalized spacial score (nSPS) is 11.4. The van der Waals surface area contributed by atoms with Gasteiger partial charge in [0.25, 0.3) is 5.91 Å². The van der Waals surface area contributed by atoms with E-state index in [-0.39, 0.29) is 18.3 Å². The van der Waals surface area contributed by atoms with Gasteiger partial charge in [-0.05, 0) is 37.5 Å². The highest BCUT2D eigenvalue weighted by Gasteiger charge is 2.12. The Bertz CT molecular complexity index is 546. The molecule has 0 aliphatic carbocycles. The van der Waals surface area contributed by atoms with E-state index in [2.05, 4.69) is 10.6 Å². The summed E-state index contributed by atoms with van der Waals surface area (Å²) in [6.07, 6.45) is 1.19. The van der Waals surface area contributed by atoms with Gasteiger partial charge in [-0.1, -0.05) is 19.1 Å². The predicted molar refractivity (Wildman–Crippen MR) is 82.1 cm³/mol. The molecule has 0 bridgehead atoms. The molecule has 0 aromatic heterocycles. The minimum absolute atomic E-state index is 0.0546. The Kier molecular flexibility index (Phi) is 7.73. The fraction of sp³-hybridized carbons (Fsp3) is 0.438. The minimum Gasteiger partial charge on any atom is -0.456 e. The van der Waals surface area contributed by atoms with Crippen LogP contribution < -0.4 is 10.6 Å². The molecule has 0 fully saturated rings. The number of hydrogen-bond donors (Lipinski definition) is 2. The molecule has 7 heteroatoms. The summed E-state index contributed by atoms with van der Waals surface area (Å²) >= 11 is 0. The molecule has 0 saturated carbocycles. The Balaban J connectivity index is 2.23. The molecule has 0 aliphatic rings. The van der Waals surface area contributed by atoms with Gasteiger partial charge in [0.1, 0.15) is 5.82 Å². The van der Waals surface area contributed by atoms with Gasteiger partial charge in [-0.2, -0.15) is 0 Å². The number of amides is 3. The highest BCUT2D eigenvalue weighted by molar-refractivity contribution is 5.95. The third-order valence-corrected chi connectivity index (χ3v) is 3.14. The van der Waals surface area contributed by atoms with Crippen LogP contribution in [0.3, 0.4) is 0 Å². The van der Waals surface area contributed by atoms with E-state index in [0.29, 0.717) is 6.42 Å². The molecule has 2 N–H and O–H groups in total. The van der Waals surface area contributed by atoms with Gasteiger partial charge in [0.05, 0.1) is 0 Å². The van der Waals surface area contributed by atoms with Crippen molar-refractivity contribution in [2.75, 3.05) is 6.61 Å². The molecule has 1 aromatic rings. The maximum absolute atomic E-state index is 12.7. The maximum Gasteiger partial charge on any atom is 0.321 e. The first kappa shape index (κ1) is 18.6. The zero-order valence-corrected chi connectivity index (χ0v) is 13.2. The molecular formula is C16H21FN2O4. The van der Waals surface area contributed by atoms with Crippen LogP contribution in [0.5, 0.6) is 0 Å². The zero-order valence-electron chi connectivity index (χ0n) is 13.2. The summed E-state index contributed by atoms with van der Waals surface area (Å²) in [7, 11) is 0. The van der Waals surface area contributed by atoms with E-state index in [9.17, 15) is 18.8 Å². The molecular weight excluding hydrogens is 303 g/mol. The maximum atomic E-state index is 12.7. The van der Waals surface area contributed by atoms with Gasteiger partial charge in [-0.3, -0.25) is 14.9 Å². The lowest BCUT2D eigenvalue weighted by atomic mass is 10.1. The average Bonchev–Trinajstić information content (AvgIpc) is 2.52. The fourth-order valence-electron chi connectivity index (χ4n) is 1.64. The quantitative estimate of drug-likeness (QED) is 0.751. The van der Waals surface area contributed by atoms with E-state index < -0.39 is 24.5 Å². The zero-order chi connectivity index (χ0) is 17.2. The van der Waals surface area contributed by atoms with Crippen molar-refractivity contribution in [2.45, 2.75) is 39.2 Å². The van der Waals surface area contributed by atoms with E-state index in [1.165, 1.54) is 12.1 Å². The van der Waals surface area contributed by atoms with E-state index in [0.717, 1.165) is 12.0 Å². The number of urea groups is 1. The van der Waals surface area contributed by atoms with Crippen LogP contribution in [0.2, 0.25) is 0 Å². The number of carbonyl (C=O) groups excluding carboxylic acids is 3. The highest BCUT2D eigenvalue weighted by atomic mass is 19.1. The second-order valence-corrected chi connectivity index (χ2v) is 5.12. The number of ether oxygens (including phenoxy) is 1. The van der Waals surface area contributed by atoms with Crippen molar-refractivity contribution in [3.05, 3.63) is 35.6 Å². The summed E-state index contributed by atoms with van der Waals surface area (Å²) in [6, 6.07) is 5.10. The lowest BCUT2D eigenvalue weighted by molar-refractivity contribution is -0.148. The lowest BCUT2D eigenvalue weighted by Crippen LogP contribution is -2.44. The number of hydrogen-bond acceptors (Lipinski definition) is 4. The molecule has 0 spiro atoms. The third kappa shape index (κ3) is 7.94. The molecule has 0 saturated heterocycles. The molecule has 0 radical (unpaired) electrons. The summed E-state index contributed by atoms with van der Waals surface area (Å²) in [5.74, 6) is -1.60. The van der Waals surface area contributed by atoms with Crippen LogP contribution >= 0.6 is 0 Å². The molecule has 3 amide bonds. The lowest BCUT2D eigenvalue weighted by Gasteiger charge is -2.11. The van der Waals surface area contributed by atoms with Crippen molar-refractivity contribution in [3.63, 3.8) is 0 Å². The molecule has 0 heterocycles. The van der Waals surface area contributed by atoms with Crippen LogP contribution in [0.1, 0.15) is 32.3 Å². The fourth-order valence-corrected chi connectivity index (χ4v) is 1.64. The molecule has 23 heavy (non-hydrogen) atoms. The second kappa shape index (κ2) is 9.55. The number of rotatable bonds is 7. The van der Waals surface area contributed by atoms with Crippen LogP contribution in [0.25, 0.3) is 0 Å². The number of imide groups is 1. The molecule has 1 rings (SSSR count). The Hall–Kier alpha value is -2.44. The van der Waals surface area contributed by atoms with Crippen LogP contribution in [0.15, 0.2) is 24.3 Å². The molecule has 0 aliphatic heterocycles. The van der Waals surface area contributed by atoms with Crippen LogP contribution in [0, 0.1) is 5.82 Å². The van der Waals surface area contributed by atoms with Gasteiger partial charge in [-0.25, -0.2) is 9.18 Å². The Morgan fingerprint density at radius 1 is 1.22 bits per heavy atom. The standard InChI is InChI=1S/C16H21FN2O4/c1-3-11(2)18-16(22)19-14(20)10-23-15(21)9-6-12-4-7-13(17)8-5-12/h4-5,7-8,11H,3,6,9-10H2,1-2H3,(H2,18,19,20,22)/t11-/m0/s1. The molecule has 1 aromatic carbocycles. The molecule has 6 nitrogen and oxygen atoms in total.